The Kier molecular flexibility index (Phi) is 8.89. The molecule has 2 aromatic heterocycles. The second kappa shape index (κ2) is 12.4. The van der Waals surface area contributed by atoms with Crippen molar-refractivity contribution in [3.8, 4) is 0 Å². The van der Waals surface area contributed by atoms with Crippen LogP contribution in [-0.4, -0.2) is 43.9 Å². The highest BCUT2D eigenvalue weighted by atomic mass is 16.4. The van der Waals surface area contributed by atoms with Crippen molar-refractivity contribution in [2.45, 2.75) is 59.8 Å². The SMILES string of the molecule is C=CC1=C(C)/C(=C/c2[nH]c(Cc3[nH]c(/C=C4/NC(=O)C(C)=C4C=C)c(C)c3CCC(=O)O)c(CCC(=O)O)c2C)NC1=O. The number of nitrogens with one attached hydrogen (secondary N) is 4. The molecule has 4 heterocycles. The number of hydrogen-bond donors (Lipinski definition) is 6. The standard InChI is InChI=1S/C33H36N4O6/c1-7-20-19(6)32(42)37-27(20)14-25-18(5)23(10-12-31(40)41)29(35-25)15-28-22(9-11-30(38)39)17(4)24(34-28)13-26-16(3)21(8-2)33(43)36-26/h7-8,13-14,34-35H,1-2,9-12,15H2,3-6H3,(H,36,43)(H,37,42)(H,38,39)(H,40,41)/b26-13-,27-14+. The third kappa shape index (κ3) is 6.23. The van der Waals surface area contributed by atoms with E-state index >= 15 is 0 Å². The summed E-state index contributed by atoms with van der Waals surface area (Å²) in [6, 6.07) is 0. The average Bonchev–Trinajstić information content (AvgIpc) is 3.59. The maximum atomic E-state index is 12.3. The van der Waals surface area contributed by atoms with E-state index in [9.17, 15) is 29.4 Å². The van der Waals surface area contributed by atoms with Crippen LogP contribution in [0, 0.1) is 13.8 Å². The normalized spacial score (nSPS) is 16.8. The fraction of sp³-hybridized carbons (Fsp3) is 0.273. The van der Waals surface area contributed by atoms with Gasteiger partial charge in [-0.2, -0.15) is 0 Å². The fourth-order valence-electron chi connectivity index (χ4n) is 5.61. The molecule has 43 heavy (non-hydrogen) atoms. The Hall–Kier alpha value is -5.12. The highest BCUT2D eigenvalue weighted by molar-refractivity contribution is 6.03. The predicted octanol–water partition coefficient (Wildman–Crippen LogP) is 4.53. The van der Waals surface area contributed by atoms with Crippen molar-refractivity contribution in [1.29, 1.82) is 0 Å². The number of hydrogen-bond acceptors (Lipinski definition) is 4. The third-order valence-corrected chi connectivity index (χ3v) is 8.11. The summed E-state index contributed by atoms with van der Waals surface area (Å²) in [5, 5.41) is 24.6. The highest BCUT2D eigenvalue weighted by Crippen LogP contribution is 2.31. The number of carboxylic acid groups (broad SMARTS) is 2. The second-order valence-corrected chi connectivity index (χ2v) is 10.7. The molecular weight excluding hydrogens is 548 g/mol. The summed E-state index contributed by atoms with van der Waals surface area (Å²) in [5.74, 6) is -2.28. The van der Waals surface area contributed by atoms with Crippen molar-refractivity contribution in [2.24, 2.45) is 0 Å². The first kappa shape index (κ1) is 30.8. The molecule has 0 aromatic carbocycles. The molecule has 0 bridgehead atoms. The number of allylic oxidation sites excluding steroid dienone is 2. The first-order valence-corrected chi connectivity index (χ1v) is 13.9. The van der Waals surface area contributed by atoms with E-state index in [4.69, 9.17) is 0 Å². The molecule has 4 rings (SSSR count). The molecule has 0 fully saturated rings. The fourth-order valence-corrected chi connectivity index (χ4v) is 5.61. The van der Waals surface area contributed by atoms with Crippen LogP contribution in [0.1, 0.15) is 71.7 Å². The topological polar surface area (TPSA) is 164 Å². The summed E-state index contributed by atoms with van der Waals surface area (Å²) in [7, 11) is 0. The second-order valence-electron chi connectivity index (χ2n) is 10.7. The van der Waals surface area contributed by atoms with Gasteiger partial charge in [0, 0.05) is 64.5 Å². The number of rotatable bonds is 12. The summed E-state index contributed by atoms with van der Waals surface area (Å²) in [6.45, 7) is 14.9. The van der Waals surface area contributed by atoms with E-state index in [0.717, 1.165) is 50.6 Å². The number of aliphatic carboxylic acids is 2. The maximum Gasteiger partial charge on any atom is 0.303 e. The molecule has 10 heteroatoms. The van der Waals surface area contributed by atoms with Crippen molar-refractivity contribution in [1.82, 2.24) is 20.6 Å². The Morgan fingerprint density at radius 1 is 0.698 bits per heavy atom. The highest BCUT2D eigenvalue weighted by Gasteiger charge is 2.25. The molecule has 224 valence electrons. The molecule has 2 amide bonds. The Labute approximate surface area is 249 Å². The lowest BCUT2D eigenvalue weighted by atomic mass is 9.98. The van der Waals surface area contributed by atoms with Gasteiger partial charge in [0.25, 0.3) is 11.8 Å². The van der Waals surface area contributed by atoms with Gasteiger partial charge in [-0.25, -0.2) is 0 Å². The zero-order valence-electron chi connectivity index (χ0n) is 24.8. The Morgan fingerprint density at radius 3 is 1.60 bits per heavy atom. The van der Waals surface area contributed by atoms with Crippen LogP contribution in [0.2, 0.25) is 0 Å². The number of carbonyl (C=O) groups is 4. The molecular formula is C33H36N4O6. The quantitative estimate of drug-likeness (QED) is 0.215. The zero-order valence-corrected chi connectivity index (χ0v) is 24.8. The van der Waals surface area contributed by atoms with Gasteiger partial charge in [-0.15, -0.1) is 0 Å². The van der Waals surface area contributed by atoms with Gasteiger partial charge in [-0.05, 0) is 80.5 Å². The Balaban J connectivity index is 1.80. The van der Waals surface area contributed by atoms with Crippen molar-refractivity contribution in [2.75, 3.05) is 0 Å². The van der Waals surface area contributed by atoms with E-state index in [0.29, 0.717) is 34.5 Å². The summed E-state index contributed by atoms with van der Waals surface area (Å²) in [6.07, 6.45) is 7.58. The molecule has 0 saturated heterocycles. The third-order valence-electron chi connectivity index (χ3n) is 8.11. The molecule has 0 saturated carbocycles. The van der Waals surface area contributed by atoms with E-state index in [1.54, 1.807) is 13.0 Å². The van der Waals surface area contributed by atoms with E-state index in [1.165, 1.54) is 6.08 Å². The first-order chi connectivity index (χ1) is 20.4. The van der Waals surface area contributed by atoms with Crippen LogP contribution in [0.4, 0.5) is 0 Å². The molecule has 0 radical (unpaired) electrons. The zero-order chi connectivity index (χ0) is 31.6. The monoisotopic (exact) mass is 584 g/mol. The summed E-state index contributed by atoms with van der Waals surface area (Å²) in [5.41, 5.74) is 10.2. The van der Waals surface area contributed by atoms with Crippen LogP contribution >= 0.6 is 0 Å². The van der Waals surface area contributed by atoms with E-state index < -0.39 is 11.9 Å². The van der Waals surface area contributed by atoms with Gasteiger partial charge in [0.2, 0.25) is 0 Å². The van der Waals surface area contributed by atoms with Gasteiger partial charge in [0.1, 0.15) is 0 Å². The van der Waals surface area contributed by atoms with Gasteiger partial charge >= 0.3 is 11.9 Å². The van der Waals surface area contributed by atoms with Crippen molar-refractivity contribution < 1.29 is 29.4 Å². The predicted molar refractivity (Wildman–Crippen MR) is 164 cm³/mol. The number of carbonyl (C=O) groups excluding carboxylic acids is 2. The van der Waals surface area contributed by atoms with E-state index in [1.807, 2.05) is 32.9 Å². The Bertz CT molecular complexity index is 1710. The lowest BCUT2D eigenvalue weighted by Gasteiger charge is -2.07. The number of aromatic nitrogens is 2. The molecule has 6 N–H and O–H groups in total. The number of carboxylic acids is 2. The lowest BCUT2D eigenvalue weighted by molar-refractivity contribution is -0.138. The van der Waals surface area contributed by atoms with Gasteiger partial charge in [0.05, 0.1) is 5.70 Å². The molecule has 0 aliphatic carbocycles. The summed E-state index contributed by atoms with van der Waals surface area (Å²) in [4.78, 5) is 54.5. The van der Waals surface area contributed by atoms with Crippen molar-refractivity contribution >= 4 is 35.9 Å². The molecule has 2 aliphatic heterocycles. The van der Waals surface area contributed by atoms with Gasteiger partial charge in [0.15, 0.2) is 0 Å². The average molecular weight is 585 g/mol. The first-order valence-electron chi connectivity index (χ1n) is 13.9. The van der Waals surface area contributed by atoms with Crippen LogP contribution in [0.5, 0.6) is 0 Å². The van der Waals surface area contributed by atoms with Crippen molar-refractivity contribution in [3.63, 3.8) is 0 Å². The minimum absolute atomic E-state index is 0.0688. The molecule has 2 aromatic rings. The summed E-state index contributed by atoms with van der Waals surface area (Å²) < 4.78 is 0. The number of aromatic amines is 2. The number of H-pyrrole nitrogens is 2. The molecule has 0 unspecified atom stereocenters. The maximum absolute atomic E-state index is 12.3. The minimum atomic E-state index is -0.922. The van der Waals surface area contributed by atoms with Crippen LogP contribution in [0.15, 0.2) is 59.0 Å². The molecule has 10 nitrogen and oxygen atoms in total. The largest absolute Gasteiger partial charge is 0.481 e. The minimum Gasteiger partial charge on any atom is -0.481 e. The molecule has 0 spiro atoms. The van der Waals surface area contributed by atoms with Gasteiger partial charge in [-0.1, -0.05) is 25.3 Å². The van der Waals surface area contributed by atoms with Crippen molar-refractivity contribution in [3.05, 3.63) is 104 Å². The van der Waals surface area contributed by atoms with Gasteiger partial charge in [-0.3, -0.25) is 19.2 Å². The lowest BCUT2D eigenvalue weighted by Crippen LogP contribution is -2.15. The Morgan fingerprint density at radius 2 is 1.16 bits per heavy atom. The van der Waals surface area contributed by atoms with Crippen LogP contribution < -0.4 is 10.6 Å². The van der Waals surface area contributed by atoms with Crippen LogP contribution in [0.25, 0.3) is 12.2 Å². The molecule has 0 atom stereocenters. The summed E-state index contributed by atoms with van der Waals surface area (Å²) >= 11 is 0. The van der Waals surface area contributed by atoms with E-state index in [2.05, 4.69) is 33.8 Å². The van der Waals surface area contributed by atoms with Crippen LogP contribution in [-0.2, 0) is 38.4 Å². The molecule has 2 aliphatic rings. The van der Waals surface area contributed by atoms with E-state index in [-0.39, 0.29) is 37.5 Å². The smallest absolute Gasteiger partial charge is 0.303 e. The number of amides is 2. The van der Waals surface area contributed by atoms with Crippen LogP contribution in [0.3, 0.4) is 0 Å². The van der Waals surface area contributed by atoms with Gasteiger partial charge < -0.3 is 30.8 Å².